The lowest BCUT2D eigenvalue weighted by molar-refractivity contribution is -0.128. The minimum absolute atomic E-state index is 0.0491. The second-order valence-electron chi connectivity index (χ2n) is 4.06. The van der Waals surface area contributed by atoms with Gasteiger partial charge in [-0.1, -0.05) is 0 Å². The standard InChI is InChI=1S/C10H17N3O2/c1-3-12-9(14)7(2)13(10(12)15)8-5-4-6-11-8/h7-8,11H,3-6H2,1-2H3. The molecule has 2 atom stereocenters. The molecule has 5 nitrogen and oxygen atoms in total. The van der Waals surface area contributed by atoms with Gasteiger partial charge in [0, 0.05) is 6.54 Å². The van der Waals surface area contributed by atoms with Crippen LogP contribution in [0.3, 0.4) is 0 Å². The van der Waals surface area contributed by atoms with Crippen LogP contribution < -0.4 is 5.32 Å². The number of likely N-dealkylation sites (N-methyl/N-ethyl adjacent to an activating group) is 1. The van der Waals surface area contributed by atoms with Crippen molar-refractivity contribution < 1.29 is 9.59 Å². The second-order valence-corrected chi connectivity index (χ2v) is 4.06. The van der Waals surface area contributed by atoms with Crippen LogP contribution in [0.5, 0.6) is 0 Å². The zero-order valence-electron chi connectivity index (χ0n) is 9.19. The number of carbonyl (C=O) groups excluding carboxylic acids is 2. The van der Waals surface area contributed by atoms with Gasteiger partial charge in [0.05, 0.1) is 6.17 Å². The highest BCUT2D eigenvalue weighted by molar-refractivity contribution is 6.04. The molecule has 84 valence electrons. The maximum atomic E-state index is 11.9. The fraction of sp³-hybridized carbons (Fsp3) is 0.800. The number of imide groups is 1. The molecule has 2 saturated heterocycles. The number of amides is 3. The van der Waals surface area contributed by atoms with Crippen molar-refractivity contribution in [1.29, 1.82) is 0 Å². The predicted octanol–water partition coefficient (Wildman–Crippen LogP) is 0.369. The minimum atomic E-state index is -0.312. The summed E-state index contributed by atoms with van der Waals surface area (Å²) in [5, 5.41) is 3.25. The van der Waals surface area contributed by atoms with Crippen molar-refractivity contribution in [1.82, 2.24) is 15.1 Å². The Balaban J connectivity index is 2.18. The normalized spacial score (nSPS) is 31.9. The van der Waals surface area contributed by atoms with E-state index in [0.29, 0.717) is 6.54 Å². The van der Waals surface area contributed by atoms with E-state index in [1.165, 1.54) is 4.90 Å². The first-order chi connectivity index (χ1) is 7.16. The third-order valence-corrected chi connectivity index (χ3v) is 3.18. The molecule has 2 heterocycles. The molecule has 0 bridgehead atoms. The lowest BCUT2D eigenvalue weighted by Crippen LogP contribution is -2.47. The van der Waals surface area contributed by atoms with Crippen LogP contribution in [0.25, 0.3) is 0 Å². The van der Waals surface area contributed by atoms with Gasteiger partial charge >= 0.3 is 6.03 Å². The summed E-state index contributed by atoms with van der Waals surface area (Å²) in [6.07, 6.45) is 2.07. The van der Waals surface area contributed by atoms with Crippen molar-refractivity contribution in [2.24, 2.45) is 0 Å². The summed E-state index contributed by atoms with van der Waals surface area (Å²) in [5.74, 6) is -0.0730. The van der Waals surface area contributed by atoms with Gasteiger partial charge in [0.2, 0.25) is 0 Å². The molecule has 2 fully saturated rings. The highest BCUT2D eigenvalue weighted by Gasteiger charge is 2.45. The van der Waals surface area contributed by atoms with E-state index in [0.717, 1.165) is 19.4 Å². The van der Waals surface area contributed by atoms with Gasteiger partial charge < -0.3 is 0 Å². The number of nitrogens with one attached hydrogen (secondary N) is 1. The van der Waals surface area contributed by atoms with E-state index in [2.05, 4.69) is 5.32 Å². The van der Waals surface area contributed by atoms with Gasteiger partial charge in [-0.3, -0.25) is 19.9 Å². The van der Waals surface area contributed by atoms with Crippen LogP contribution in [0, 0.1) is 0 Å². The predicted molar refractivity (Wildman–Crippen MR) is 55.1 cm³/mol. The number of urea groups is 1. The fourth-order valence-corrected chi connectivity index (χ4v) is 2.34. The Labute approximate surface area is 89.4 Å². The maximum Gasteiger partial charge on any atom is 0.328 e. The Morgan fingerprint density at radius 1 is 1.47 bits per heavy atom. The smallest absolute Gasteiger partial charge is 0.297 e. The van der Waals surface area contributed by atoms with Gasteiger partial charge in [0.1, 0.15) is 6.04 Å². The molecule has 3 amide bonds. The Morgan fingerprint density at radius 2 is 2.20 bits per heavy atom. The molecule has 0 spiro atoms. The number of rotatable bonds is 2. The molecular formula is C10H17N3O2. The Bertz CT molecular complexity index is 286. The number of carbonyl (C=O) groups is 2. The molecule has 1 N–H and O–H groups in total. The van der Waals surface area contributed by atoms with Gasteiger partial charge in [-0.05, 0) is 33.2 Å². The average molecular weight is 211 g/mol. The van der Waals surface area contributed by atoms with E-state index in [1.54, 1.807) is 11.8 Å². The van der Waals surface area contributed by atoms with Crippen molar-refractivity contribution in [2.75, 3.05) is 13.1 Å². The van der Waals surface area contributed by atoms with Crippen molar-refractivity contribution >= 4 is 11.9 Å². The molecule has 0 aromatic heterocycles. The molecule has 2 rings (SSSR count). The van der Waals surface area contributed by atoms with E-state index >= 15 is 0 Å². The lowest BCUT2D eigenvalue weighted by Gasteiger charge is -2.26. The molecule has 0 aliphatic carbocycles. The highest BCUT2D eigenvalue weighted by Crippen LogP contribution is 2.23. The largest absolute Gasteiger partial charge is 0.328 e. The van der Waals surface area contributed by atoms with Crippen LogP contribution in [-0.2, 0) is 4.79 Å². The summed E-state index contributed by atoms with van der Waals surface area (Å²) in [6, 6.07) is -0.456. The summed E-state index contributed by atoms with van der Waals surface area (Å²) in [4.78, 5) is 26.7. The summed E-state index contributed by atoms with van der Waals surface area (Å²) < 4.78 is 0. The molecule has 0 saturated carbocycles. The maximum absolute atomic E-state index is 11.9. The van der Waals surface area contributed by atoms with Crippen molar-refractivity contribution in [3.05, 3.63) is 0 Å². The summed E-state index contributed by atoms with van der Waals surface area (Å²) in [7, 11) is 0. The quantitative estimate of drug-likeness (QED) is 0.671. The van der Waals surface area contributed by atoms with Crippen molar-refractivity contribution in [3.63, 3.8) is 0 Å². The van der Waals surface area contributed by atoms with Crippen LogP contribution in [0.15, 0.2) is 0 Å². The van der Waals surface area contributed by atoms with Crippen LogP contribution in [-0.4, -0.2) is 47.0 Å². The van der Waals surface area contributed by atoms with Gasteiger partial charge in [-0.25, -0.2) is 4.79 Å². The highest BCUT2D eigenvalue weighted by atomic mass is 16.2. The number of nitrogens with zero attached hydrogens (tertiary/aromatic N) is 2. The average Bonchev–Trinajstić information content (AvgIpc) is 2.77. The number of hydrogen-bond donors (Lipinski definition) is 1. The van der Waals surface area contributed by atoms with Crippen LogP contribution in [0.4, 0.5) is 4.79 Å². The molecule has 15 heavy (non-hydrogen) atoms. The van der Waals surface area contributed by atoms with Crippen LogP contribution in [0.2, 0.25) is 0 Å². The molecule has 0 aromatic carbocycles. The first kappa shape index (κ1) is 10.4. The molecular weight excluding hydrogens is 194 g/mol. The Hall–Kier alpha value is -1.10. The van der Waals surface area contributed by atoms with E-state index < -0.39 is 0 Å². The first-order valence-electron chi connectivity index (χ1n) is 5.54. The monoisotopic (exact) mass is 211 g/mol. The molecule has 5 heteroatoms. The zero-order chi connectivity index (χ0) is 11.0. The zero-order valence-corrected chi connectivity index (χ0v) is 9.19. The summed E-state index contributed by atoms with van der Waals surface area (Å²) in [6.45, 7) is 5.02. The lowest BCUT2D eigenvalue weighted by atomic mass is 10.2. The summed E-state index contributed by atoms with van der Waals surface area (Å²) in [5.41, 5.74) is 0. The molecule has 0 aromatic rings. The molecule has 2 aliphatic rings. The van der Waals surface area contributed by atoms with E-state index in [4.69, 9.17) is 0 Å². The van der Waals surface area contributed by atoms with E-state index in [1.807, 2.05) is 6.92 Å². The molecule has 0 radical (unpaired) electrons. The fourth-order valence-electron chi connectivity index (χ4n) is 2.34. The SMILES string of the molecule is CCN1C(=O)C(C)N(C2CCCN2)C1=O. The first-order valence-corrected chi connectivity index (χ1v) is 5.54. The molecule has 2 aliphatic heterocycles. The van der Waals surface area contributed by atoms with Crippen LogP contribution in [0.1, 0.15) is 26.7 Å². The van der Waals surface area contributed by atoms with E-state index in [-0.39, 0.29) is 24.1 Å². The Kier molecular flexibility index (Phi) is 2.65. The molecule has 2 unspecified atom stereocenters. The minimum Gasteiger partial charge on any atom is -0.297 e. The third kappa shape index (κ3) is 1.51. The Morgan fingerprint density at radius 3 is 2.67 bits per heavy atom. The van der Waals surface area contributed by atoms with Gasteiger partial charge in [0.15, 0.2) is 0 Å². The van der Waals surface area contributed by atoms with Crippen molar-refractivity contribution in [2.45, 2.75) is 38.9 Å². The van der Waals surface area contributed by atoms with Gasteiger partial charge in [-0.2, -0.15) is 0 Å². The van der Waals surface area contributed by atoms with E-state index in [9.17, 15) is 9.59 Å². The second kappa shape index (κ2) is 3.81. The van der Waals surface area contributed by atoms with Crippen LogP contribution >= 0.6 is 0 Å². The number of hydrogen-bond acceptors (Lipinski definition) is 3. The van der Waals surface area contributed by atoms with Gasteiger partial charge in [0.25, 0.3) is 5.91 Å². The van der Waals surface area contributed by atoms with Crippen molar-refractivity contribution in [3.8, 4) is 0 Å². The topological polar surface area (TPSA) is 52.7 Å². The van der Waals surface area contributed by atoms with Gasteiger partial charge in [-0.15, -0.1) is 0 Å². The third-order valence-electron chi connectivity index (χ3n) is 3.18. The summed E-state index contributed by atoms with van der Waals surface area (Å²) >= 11 is 0.